The first-order chi connectivity index (χ1) is 15.7. The lowest BCUT2D eigenvalue weighted by molar-refractivity contribution is 0.102. The quantitative estimate of drug-likeness (QED) is 0.500. The van der Waals surface area contributed by atoms with Crippen molar-refractivity contribution in [2.45, 2.75) is 0 Å². The summed E-state index contributed by atoms with van der Waals surface area (Å²) in [6.45, 7) is 3.12. The van der Waals surface area contributed by atoms with Crippen molar-refractivity contribution in [2.24, 2.45) is 7.05 Å². The van der Waals surface area contributed by atoms with Crippen LogP contribution in [-0.4, -0.2) is 62.2 Å². The van der Waals surface area contributed by atoms with Gasteiger partial charge in [0.25, 0.3) is 5.91 Å². The van der Waals surface area contributed by atoms with E-state index < -0.39 is 0 Å². The summed E-state index contributed by atoms with van der Waals surface area (Å²) in [5.74, 6) is -0.328. The summed E-state index contributed by atoms with van der Waals surface area (Å²) in [4.78, 5) is 24.2. The van der Waals surface area contributed by atoms with E-state index in [0.29, 0.717) is 41.7 Å². The molecule has 1 amide bonds. The number of rotatable bonds is 5. The maximum Gasteiger partial charge on any atom is 0.274 e. The van der Waals surface area contributed by atoms with Gasteiger partial charge in [0, 0.05) is 32.5 Å². The highest BCUT2D eigenvalue weighted by Gasteiger charge is 2.18. The van der Waals surface area contributed by atoms with Crippen LogP contribution in [0, 0.1) is 0 Å². The molecule has 0 atom stereocenters. The number of pyridine rings is 2. The summed E-state index contributed by atoms with van der Waals surface area (Å²) in [6.07, 6.45) is 5.23. The smallest absolute Gasteiger partial charge is 0.274 e. The highest BCUT2D eigenvalue weighted by atomic mass is 16.5. The normalized spacial score (nSPS) is 13.8. The molecule has 1 fully saturated rings. The van der Waals surface area contributed by atoms with E-state index in [4.69, 9.17) is 4.74 Å². The Morgan fingerprint density at radius 3 is 2.75 bits per heavy atom. The molecule has 0 radical (unpaired) electrons. The van der Waals surface area contributed by atoms with Crippen LogP contribution in [-0.2, 0) is 11.8 Å². The highest BCUT2D eigenvalue weighted by Crippen LogP contribution is 2.27. The molecule has 5 rings (SSSR count). The monoisotopic (exact) mass is 430 g/mol. The molecule has 5 heterocycles. The Labute approximate surface area is 184 Å². The molecule has 2 N–H and O–H groups in total. The molecule has 1 aliphatic rings. The Hall–Kier alpha value is -4.05. The molecule has 0 aromatic carbocycles. The maximum atomic E-state index is 12.9. The van der Waals surface area contributed by atoms with Gasteiger partial charge in [0.05, 0.1) is 47.9 Å². The standard InChI is InChI=1S/C22H22N8O2/c1-29-14-20(26-22(31)19-4-2-3-16(25-19)17-7-8-24-27-17)21(28-29)18-6-5-15(13-23-18)30-9-11-32-12-10-30/h2-8,13-14H,9-12H2,1H3,(H,24,27)(H,26,31). The Bertz CT molecular complexity index is 1210. The first kappa shape index (κ1) is 19.9. The molecule has 0 saturated carbocycles. The Balaban J connectivity index is 1.37. The number of carbonyl (C=O) groups is 1. The molecule has 10 heteroatoms. The number of nitrogens with one attached hydrogen (secondary N) is 2. The number of amides is 1. The first-order valence-electron chi connectivity index (χ1n) is 10.3. The lowest BCUT2D eigenvalue weighted by atomic mass is 10.2. The molecule has 0 bridgehead atoms. The molecule has 4 aromatic rings. The van der Waals surface area contributed by atoms with Gasteiger partial charge < -0.3 is 15.0 Å². The number of morpholine rings is 1. The maximum absolute atomic E-state index is 12.9. The van der Waals surface area contributed by atoms with Crippen LogP contribution in [0.3, 0.4) is 0 Å². The summed E-state index contributed by atoms with van der Waals surface area (Å²) in [5.41, 5.74) is 4.56. The summed E-state index contributed by atoms with van der Waals surface area (Å²) < 4.78 is 7.06. The minimum absolute atomic E-state index is 0.294. The zero-order valence-electron chi connectivity index (χ0n) is 17.5. The van der Waals surface area contributed by atoms with Crippen molar-refractivity contribution >= 4 is 17.3 Å². The van der Waals surface area contributed by atoms with Crippen LogP contribution >= 0.6 is 0 Å². The minimum atomic E-state index is -0.328. The van der Waals surface area contributed by atoms with Gasteiger partial charge in [-0.05, 0) is 30.3 Å². The second kappa shape index (κ2) is 8.60. The number of aryl methyl sites for hydroxylation is 1. The second-order valence-electron chi connectivity index (χ2n) is 7.40. The van der Waals surface area contributed by atoms with Crippen LogP contribution in [0.15, 0.2) is 55.0 Å². The number of aromatic amines is 1. The molecular weight excluding hydrogens is 408 g/mol. The molecule has 4 aromatic heterocycles. The Morgan fingerprint density at radius 1 is 1.12 bits per heavy atom. The lowest BCUT2D eigenvalue weighted by Gasteiger charge is -2.28. The van der Waals surface area contributed by atoms with Gasteiger partial charge in [0.1, 0.15) is 11.4 Å². The molecule has 0 unspecified atom stereocenters. The van der Waals surface area contributed by atoms with Gasteiger partial charge in [-0.3, -0.25) is 19.6 Å². The van der Waals surface area contributed by atoms with Crippen molar-refractivity contribution < 1.29 is 9.53 Å². The van der Waals surface area contributed by atoms with Crippen molar-refractivity contribution in [3.63, 3.8) is 0 Å². The van der Waals surface area contributed by atoms with E-state index in [-0.39, 0.29) is 5.91 Å². The summed E-state index contributed by atoms with van der Waals surface area (Å²) in [5, 5.41) is 14.2. The number of hydrogen-bond donors (Lipinski definition) is 2. The fourth-order valence-electron chi connectivity index (χ4n) is 3.60. The molecule has 1 saturated heterocycles. The van der Waals surface area contributed by atoms with Crippen LogP contribution in [0.4, 0.5) is 11.4 Å². The van der Waals surface area contributed by atoms with Gasteiger partial charge in [-0.2, -0.15) is 10.2 Å². The van der Waals surface area contributed by atoms with E-state index in [9.17, 15) is 4.79 Å². The predicted molar refractivity (Wildman–Crippen MR) is 119 cm³/mol. The van der Waals surface area contributed by atoms with Gasteiger partial charge in [-0.1, -0.05) is 6.07 Å². The zero-order valence-corrected chi connectivity index (χ0v) is 17.5. The van der Waals surface area contributed by atoms with Crippen molar-refractivity contribution in [1.82, 2.24) is 29.9 Å². The molecular formula is C22H22N8O2. The minimum Gasteiger partial charge on any atom is -0.378 e. The molecule has 0 aliphatic carbocycles. The van der Waals surface area contributed by atoms with E-state index in [2.05, 4.69) is 35.5 Å². The van der Waals surface area contributed by atoms with E-state index in [0.717, 1.165) is 24.5 Å². The number of anilines is 2. The van der Waals surface area contributed by atoms with E-state index in [1.807, 2.05) is 24.4 Å². The van der Waals surface area contributed by atoms with Crippen molar-refractivity contribution in [3.05, 3.63) is 60.7 Å². The van der Waals surface area contributed by atoms with Crippen molar-refractivity contribution in [1.29, 1.82) is 0 Å². The number of nitrogens with zero attached hydrogens (tertiary/aromatic N) is 6. The van der Waals surface area contributed by atoms with Gasteiger partial charge in [0.2, 0.25) is 0 Å². The summed E-state index contributed by atoms with van der Waals surface area (Å²) in [6, 6.07) is 11.0. The number of H-pyrrole nitrogens is 1. The highest BCUT2D eigenvalue weighted by molar-refractivity contribution is 6.04. The summed E-state index contributed by atoms with van der Waals surface area (Å²) in [7, 11) is 1.80. The van der Waals surface area contributed by atoms with Crippen LogP contribution in [0.5, 0.6) is 0 Å². The number of aromatic nitrogens is 6. The average molecular weight is 430 g/mol. The molecule has 0 spiro atoms. The fraction of sp³-hybridized carbons (Fsp3) is 0.227. The summed E-state index contributed by atoms with van der Waals surface area (Å²) >= 11 is 0. The largest absolute Gasteiger partial charge is 0.378 e. The van der Waals surface area contributed by atoms with Crippen LogP contribution in [0.2, 0.25) is 0 Å². The molecule has 10 nitrogen and oxygen atoms in total. The Kier molecular flexibility index (Phi) is 5.34. The topological polar surface area (TPSA) is 114 Å². The average Bonchev–Trinajstić information content (AvgIpc) is 3.50. The van der Waals surface area contributed by atoms with Gasteiger partial charge in [-0.25, -0.2) is 4.98 Å². The number of ether oxygens (including phenoxy) is 1. The molecule has 162 valence electrons. The number of carbonyl (C=O) groups excluding carboxylic acids is 1. The predicted octanol–water partition coefficient (Wildman–Crippen LogP) is 2.36. The van der Waals surface area contributed by atoms with Crippen LogP contribution in [0.1, 0.15) is 10.5 Å². The molecule has 32 heavy (non-hydrogen) atoms. The van der Waals surface area contributed by atoms with Crippen LogP contribution in [0.25, 0.3) is 22.8 Å². The van der Waals surface area contributed by atoms with E-state index in [1.165, 1.54) is 0 Å². The van der Waals surface area contributed by atoms with Gasteiger partial charge in [0.15, 0.2) is 0 Å². The SMILES string of the molecule is Cn1cc(NC(=O)c2cccc(-c3ccn[nH]3)n2)c(-c2ccc(N3CCOCC3)cn2)n1. The third-order valence-corrected chi connectivity index (χ3v) is 5.20. The van der Waals surface area contributed by atoms with E-state index >= 15 is 0 Å². The van der Waals surface area contributed by atoms with Crippen LogP contribution < -0.4 is 10.2 Å². The van der Waals surface area contributed by atoms with Gasteiger partial charge in [-0.15, -0.1) is 0 Å². The van der Waals surface area contributed by atoms with Crippen molar-refractivity contribution in [3.8, 4) is 22.8 Å². The number of hydrogen-bond acceptors (Lipinski definition) is 7. The zero-order chi connectivity index (χ0) is 21.9. The Morgan fingerprint density at radius 2 is 2.00 bits per heavy atom. The van der Waals surface area contributed by atoms with Gasteiger partial charge >= 0.3 is 0 Å². The third kappa shape index (κ3) is 4.08. The first-order valence-corrected chi connectivity index (χ1v) is 10.3. The molecule has 1 aliphatic heterocycles. The third-order valence-electron chi connectivity index (χ3n) is 5.20. The fourth-order valence-corrected chi connectivity index (χ4v) is 3.60. The second-order valence-corrected chi connectivity index (χ2v) is 7.40. The van der Waals surface area contributed by atoms with E-state index in [1.54, 1.807) is 42.3 Å². The van der Waals surface area contributed by atoms with Crippen molar-refractivity contribution in [2.75, 3.05) is 36.5 Å². The lowest BCUT2D eigenvalue weighted by Crippen LogP contribution is -2.36.